The van der Waals surface area contributed by atoms with Gasteiger partial charge in [-0.1, -0.05) is 42.1 Å². The highest BCUT2D eigenvalue weighted by molar-refractivity contribution is 7.99. The molecule has 1 amide bonds. The second-order valence-electron chi connectivity index (χ2n) is 6.55. The number of esters is 1. The van der Waals surface area contributed by atoms with Gasteiger partial charge >= 0.3 is 5.97 Å². The van der Waals surface area contributed by atoms with Crippen LogP contribution in [0.1, 0.15) is 22.8 Å². The van der Waals surface area contributed by atoms with Gasteiger partial charge in [0.25, 0.3) is 11.6 Å². The molecule has 1 N–H and O–H groups in total. The number of hydrogen-bond donors (Lipinski definition) is 1. The highest BCUT2D eigenvalue weighted by atomic mass is 32.2. The zero-order valence-corrected chi connectivity index (χ0v) is 17.7. The summed E-state index contributed by atoms with van der Waals surface area (Å²) in [6, 6.07) is 21.3. The summed E-state index contributed by atoms with van der Waals surface area (Å²) >= 11 is 1.25. The molecule has 0 saturated heterocycles. The first-order chi connectivity index (χ1) is 15.4. The Balaban J connectivity index is 1.72. The van der Waals surface area contributed by atoms with Gasteiger partial charge in [-0.2, -0.15) is 5.26 Å². The lowest BCUT2D eigenvalue weighted by atomic mass is 10.2. The van der Waals surface area contributed by atoms with Crippen molar-refractivity contribution < 1.29 is 19.2 Å². The first-order valence-corrected chi connectivity index (χ1v) is 10.2. The average Bonchev–Trinajstić information content (AvgIpc) is 2.79. The Kier molecular flexibility index (Phi) is 7.21. The summed E-state index contributed by atoms with van der Waals surface area (Å²) in [6.45, 7) is 1.41. The van der Waals surface area contributed by atoms with E-state index in [9.17, 15) is 25.0 Å². The van der Waals surface area contributed by atoms with Gasteiger partial charge < -0.3 is 10.1 Å². The maximum absolute atomic E-state index is 12.8. The van der Waals surface area contributed by atoms with E-state index in [1.54, 1.807) is 48.5 Å². The fourth-order valence-electron chi connectivity index (χ4n) is 2.71. The van der Waals surface area contributed by atoms with Crippen LogP contribution >= 0.6 is 11.8 Å². The van der Waals surface area contributed by atoms with E-state index in [0.29, 0.717) is 15.4 Å². The Labute approximate surface area is 188 Å². The standard InChI is InChI=1S/C23H17N3O5S/c1-15(22(27)25-17-8-6-9-18(13-17)26(29)30)31-23(28)19-10-3-5-12-21(19)32-20-11-4-2-7-16(20)14-24/h2-13,15H,1H3,(H,25,27)/t15-/m0/s1. The van der Waals surface area contributed by atoms with Gasteiger partial charge in [0.1, 0.15) is 6.07 Å². The van der Waals surface area contributed by atoms with Crippen molar-refractivity contribution in [3.63, 3.8) is 0 Å². The van der Waals surface area contributed by atoms with Crippen molar-refractivity contribution >= 4 is 35.0 Å². The first-order valence-electron chi connectivity index (χ1n) is 9.41. The molecule has 3 aromatic rings. The van der Waals surface area contributed by atoms with E-state index in [1.807, 2.05) is 0 Å². The van der Waals surface area contributed by atoms with Crippen molar-refractivity contribution in [1.82, 2.24) is 0 Å². The largest absolute Gasteiger partial charge is 0.449 e. The fraction of sp³-hybridized carbons (Fsp3) is 0.0870. The van der Waals surface area contributed by atoms with E-state index < -0.39 is 22.9 Å². The number of rotatable bonds is 7. The molecule has 3 aromatic carbocycles. The van der Waals surface area contributed by atoms with Gasteiger partial charge in [0.05, 0.1) is 16.1 Å². The number of hydrogen-bond acceptors (Lipinski definition) is 7. The number of amides is 1. The summed E-state index contributed by atoms with van der Waals surface area (Å²) in [5.74, 6) is -1.33. The smallest absolute Gasteiger partial charge is 0.340 e. The van der Waals surface area contributed by atoms with Gasteiger partial charge in [-0.3, -0.25) is 14.9 Å². The number of carbonyl (C=O) groups is 2. The summed E-state index contributed by atoms with van der Waals surface area (Å²) in [5, 5.41) is 22.7. The van der Waals surface area contributed by atoms with Gasteiger partial charge in [-0.25, -0.2) is 4.79 Å². The number of nitriles is 1. The minimum absolute atomic E-state index is 0.170. The molecule has 0 aliphatic rings. The van der Waals surface area contributed by atoms with Gasteiger partial charge in [0, 0.05) is 27.6 Å². The molecular weight excluding hydrogens is 430 g/mol. The van der Waals surface area contributed by atoms with Crippen LogP contribution in [0.2, 0.25) is 0 Å². The first kappa shape index (κ1) is 22.5. The molecular formula is C23H17N3O5S. The monoisotopic (exact) mass is 447 g/mol. The molecule has 0 radical (unpaired) electrons. The lowest BCUT2D eigenvalue weighted by Gasteiger charge is -2.15. The summed E-state index contributed by atoms with van der Waals surface area (Å²) < 4.78 is 5.32. The number of nitro benzene ring substituents is 1. The van der Waals surface area contributed by atoms with Crippen molar-refractivity contribution in [3.05, 3.63) is 94.0 Å². The Morgan fingerprint density at radius 2 is 1.75 bits per heavy atom. The van der Waals surface area contributed by atoms with E-state index in [2.05, 4.69) is 11.4 Å². The van der Waals surface area contributed by atoms with Crippen LogP contribution in [0.3, 0.4) is 0 Å². The highest BCUT2D eigenvalue weighted by Gasteiger charge is 2.22. The second kappa shape index (κ2) is 10.2. The molecule has 0 spiro atoms. The summed E-state index contributed by atoms with van der Waals surface area (Å²) in [7, 11) is 0. The van der Waals surface area contributed by atoms with Gasteiger partial charge in [-0.05, 0) is 37.3 Å². The van der Waals surface area contributed by atoms with Crippen LogP contribution in [0.15, 0.2) is 82.6 Å². The molecule has 0 aromatic heterocycles. The van der Waals surface area contributed by atoms with E-state index in [4.69, 9.17) is 4.74 Å². The summed E-state index contributed by atoms with van der Waals surface area (Å²) in [4.78, 5) is 36.7. The van der Waals surface area contributed by atoms with Gasteiger partial charge in [0.2, 0.25) is 0 Å². The number of benzene rings is 3. The van der Waals surface area contributed by atoms with E-state index in [1.165, 1.54) is 43.0 Å². The Morgan fingerprint density at radius 3 is 2.47 bits per heavy atom. The minimum atomic E-state index is -1.15. The maximum Gasteiger partial charge on any atom is 0.340 e. The molecule has 1 atom stereocenters. The molecule has 3 rings (SSSR count). The molecule has 8 nitrogen and oxygen atoms in total. The molecule has 0 saturated carbocycles. The molecule has 0 aliphatic heterocycles. The minimum Gasteiger partial charge on any atom is -0.449 e. The van der Waals surface area contributed by atoms with Crippen molar-refractivity contribution in [3.8, 4) is 6.07 Å². The Bertz CT molecular complexity index is 1220. The van der Waals surface area contributed by atoms with Crippen LogP contribution in [0.25, 0.3) is 0 Å². The Morgan fingerprint density at radius 1 is 1.06 bits per heavy atom. The van der Waals surface area contributed by atoms with Crippen molar-refractivity contribution in [2.24, 2.45) is 0 Å². The van der Waals surface area contributed by atoms with Crippen LogP contribution in [-0.4, -0.2) is 22.9 Å². The number of non-ortho nitro benzene ring substituents is 1. The number of nitrogens with zero attached hydrogens (tertiary/aromatic N) is 2. The van der Waals surface area contributed by atoms with E-state index >= 15 is 0 Å². The number of nitrogens with one attached hydrogen (secondary N) is 1. The van der Waals surface area contributed by atoms with Crippen molar-refractivity contribution in [1.29, 1.82) is 5.26 Å². The molecule has 0 heterocycles. The van der Waals surface area contributed by atoms with Crippen molar-refractivity contribution in [2.75, 3.05) is 5.32 Å². The second-order valence-corrected chi connectivity index (χ2v) is 7.63. The zero-order valence-electron chi connectivity index (χ0n) is 16.8. The van der Waals surface area contributed by atoms with E-state index in [0.717, 1.165) is 0 Å². The molecule has 0 aliphatic carbocycles. The van der Waals surface area contributed by atoms with E-state index in [-0.39, 0.29) is 16.9 Å². The lowest BCUT2D eigenvalue weighted by molar-refractivity contribution is -0.384. The van der Waals surface area contributed by atoms with Crippen LogP contribution in [0.4, 0.5) is 11.4 Å². The Hall–Kier alpha value is -4.16. The topological polar surface area (TPSA) is 122 Å². The zero-order chi connectivity index (χ0) is 23.1. The molecule has 0 bridgehead atoms. The molecule has 160 valence electrons. The molecule has 0 unspecified atom stereocenters. The fourth-order valence-corrected chi connectivity index (χ4v) is 3.72. The normalized spacial score (nSPS) is 11.1. The third-order valence-corrected chi connectivity index (χ3v) is 5.46. The summed E-state index contributed by atoms with van der Waals surface area (Å²) in [6.07, 6.45) is -1.15. The predicted molar refractivity (Wildman–Crippen MR) is 118 cm³/mol. The van der Waals surface area contributed by atoms with Crippen LogP contribution in [-0.2, 0) is 9.53 Å². The predicted octanol–water partition coefficient (Wildman–Crippen LogP) is 4.80. The number of nitro groups is 1. The van der Waals surface area contributed by atoms with Gasteiger partial charge in [0.15, 0.2) is 6.10 Å². The number of anilines is 1. The molecule has 0 fully saturated rings. The maximum atomic E-state index is 12.8. The average molecular weight is 447 g/mol. The third-order valence-electron chi connectivity index (χ3n) is 4.31. The number of carbonyl (C=O) groups excluding carboxylic acids is 2. The van der Waals surface area contributed by atoms with Crippen LogP contribution in [0.5, 0.6) is 0 Å². The van der Waals surface area contributed by atoms with Crippen molar-refractivity contribution in [2.45, 2.75) is 22.8 Å². The lowest BCUT2D eigenvalue weighted by Crippen LogP contribution is -2.30. The summed E-state index contributed by atoms with van der Waals surface area (Å²) in [5.41, 5.74) is 0.776. The van der Waals surface area contributed by atoms with Crippen LogP contribution in [0, 0.1) is 21.4 Å². The quantitative estimate of drug-likeness (QED) is 0.313. The third kappa shape index (κ3) is 5.50. The van der Waals surface area contributed by atoms with Crippen LogP contribution < -0.4 is 5.32 Å². The molecule has 32 heavy (non-hydrogen) atoms. The van der Waals surface area contributed by atoms with Gasteiger partial charge in [-0.15, -0.1) is 0 Å². The number of ether oxygens (including phenoxy) is 1. The molecule has 9 heteroatoms. The highest BCUT2D eigenvalue weighted by Crippen LogP contribution is 2.33. The SMILES string of the molecule is C[C@H](OC(=O)c1ccccc1Sc1ccccc1C#N)C(=O)Nc1cccc([N+](=O)[O-])c1.